The van der Waals surface area contributed by atoms with Crippen LogP contribution in [0.4, 0.5) is 0 Å². The van der Waals surface area contributed by atoms with E-state index in [0.29, 0.717) is 19.4 Å². The molecule has 0 amide bonds. The Morgan fingerprint density at radius 3 is 2.14 bits per heavy atom. The highest BCUT2D eigenvalue weighted by molar-refractivity contribution is 5.71. The van der Waals surface area contributed by atoms with Crippen molar-refractivity contribution in [2.75, 3.05) is 6.61 Å². The van der Waals surface area contributed by atoms with Crippen molar-refractivity contribution in [2.45, 2.75) is 45.1 Å². The number of hydrogen-bond acceptors (Lipinski definition) is 4. The van der Waals surface area contributed by atoms with Crippen molar-refractivity contribution in [3.63, 3.8) is 0 Å². The molecule has 4 nitrogen and oxygen atoms in total. The summed E-state index contributed by atoms with van der Waals surface area (Å²) in [5.41, 5.74) is 0. The van der Waals surface area contributed by atoms with Gasteiger partial charge in [-0.25, -0.2) is 0 Å². The van der Waals surface area contributed by atoms with E-state index in [0.717, 1.165) is 19.3 Å². The molecular formula is C10H16O4. The quantitative estimate of drug-likeness (QED) is 0.555. The number of esters is 2. The molecule has 2 fully saturated rings. The summed E-state index contributed by atoms with van der Waals surface area (Å²) in [6, 6.07) is 0. The van der Waals surface area contributed by atoms with Crippen LogP contribution in [-0.4, -0.2) is 24.6 Å². The van der Waals surface area contributed by atoms with Crippen LogP contribution in [0.15, 0.2) is 0 Å². The molecule has 0 saturated carbocycles. The molecule has 80 valence electrons. The molecule has 4 heteroatoms. The summed E-state index contributed by atoms with van der Waals surface area (Å²) in [6.45, 7) is 2.55. The lowest BCUT2D eigenvalue weighted by Gasteiger charge is -2.08. The van der Waals surface area contributed by atoms with Crippen LogP contribution in [0.25, 0.3) is 0 Å². The summed E-state index contributed by atoms with van der Waals surface area (Å²) < 4.78 is 9.36. The van der Waals surface area contributed by atoms with Crippen molar-refractivity contribution >= 4 is 11.9 Å². The van der Waals surface area contributed by atoms with Crippen LogP contribution in [0, 0.1) is 0 Å². The van der Waals surface area contributed by atoms with Crippen molar-refractivity contribution in [3.8, 4) is 0 Å². The Hall–Kier alpha value is -1.06. The fourth-order valence-electron chi connectivity index (χ4n) is 1.29. The normalized spacial score (nSPS) is 25.9. The molecule has 14 heavy (non-hydrogen) atoms. The first-order valence-electron chi connectivity index (χ1n) is 5.03. The van der Waals surface area contributed by atoms with Crippen LogP contribution < -0.4 is 0 Å². The smallest absolute Gasteiger partial charge is 0.306 e. The van der Waals surface area contributed by atoms with Crippen molar-refractivity contribution in [2.24, 2.45) is 0 Å². The largest absolute Gasteiger partial charge is 0.466 e. The molecule has 0 aromatic rings. The van der Waals surface area contributed by atoms with Gasteiger partial charge in [0, 0.05) is 12.8 Å². The minimum Gasteiger partial charge on any atom is -0.466 e. The Morgan fingerprint density at radius 2 is 1.93 bits per heavy atom. The number of carbonyl (C=O) groups is 2. The number of carbonyl (C=O) groups excluding carboxylic acids is 2. The van der Waals surface area contributed by atoms with E-state index in [-0.39, 0.29) is 18.0 Å². The van der Waals surface area contributed by atoms with Gasteiger partial charge in [0.05, 0.1) is 12.7 Å². The van der Waals surface area contributed by atoms with Crippen LogP contribution in [0.5, 0.6) is 0 Å². The van der Waals surface area contributed by atoms with Gasteiger partial charge in [-0.2, -0.15) is 0 Å². The average Bonchev–Trinajstić information content (AvgIpc) is 2.52. The lowest BCUT2D eigenvalue weighted by atomic mass is 10.2. The van der Waals surface area contributed by atoms with E-state index in [1.54, 1.807) is 0 Å². The molecule has 0 aromatic carbocycles. The molecule has 0 radical (unpaired) electrons. The molecule has 2 aliphatic rings. The van der Waals surface area contributed by atoms with E-state index in [1.807, 2.05) is 6.92 Å². The predicted octanol–water partition coefficient (Wildman–Crippen LogP) is 1.43. The molecule has 0 aromatic heterocycles. The third-order valence-corrected chi connectivity index (χ3v) is 2.13. The van der Waals surface area contributed by atoms with Crippen LogP contribution >= 0.6 is 0 Å². The molecule has 0 bridgehead atoms. The highest BCUT2D eigenvalue weighted by atomic mass is 16.5. The summed E-state index contributed by atoms with van der Waals surface area (Å²) in [7, 11) is 0. The average molecular weight is 200 g/mol. The molecule has 1 unspecified atom stereocenters. The summed E-state index contributed by atoms with van der Waals surface area (Å²) in [4.78, 5) is 20.5. The van der Waals surface area contributed by atoms with Crippen LogP contribution in [0.3, 0.4) is 0 Å². The lowest BCUT2D eigenvalue weighted by molar-refractivity contribution is -0.146. The monoisotopic (exact) mass is 200 g/mol. The van der Waals surface area contributed by atoms with Gasteiger partial charge in [0.1, 0.15) is 0 Å². The van der Waals surface area contributed by atoms with Gasteiger partial charge < -0.3 is 9.47 Å². The topological polar surface area (TPSA) is 52.6 Å². The first-order valence-corrected chi connectivity index (χ1v) is 5.03. The van der Waals surface area contributed by atoms with Gasteiger partial charge in [-0.3, -0.25) is 9.59 Å². The van der Waals surface area contributed by atoms with Crippen LogP contribution in [0.1, 0.15) is 39.0 Å². The van der Waals surface area contributed by atoms with Crippen LogP contribution in [-0.2, 0) is 19.1 Å². The van der Waals surface area contributed by atoms with Gasteiger partial charge in [0.25, 0.3) is 0 Å². The van der Waals surface area contributed by atoms with E-state index in [9.17, 15) is 9.59 Å². The summed E-state index contributed by atoms with van der Waals surface area (Å²) in [5, 5.41) is 0. The first-order chi connectivity index (χ1) is 6.68. The van der Waals surface area contributed by atoms with Gasteiger partial charge >= 0.3 is 11.9 Å². The van der Waals surface area contributed by atoms with Crippen molar-refractivity contribution < 1.29 is 19.1 Å². The van der Waals surface area contributed by atoms with E-state index < -0.39 is 0 Å². The molecule has 0 aliphatic carbocycles. The minimum atomic E-state index is -0.0486. The number of cyclic esters (lactones) is 2. The summed E-state index contributed by atoms with van der Waals surface area (Å²) in [5.74, 6) is -0.0845. The highest BCUT2D eigenvalue weighted by Gasteiger charge is 2.17. The van der Waals surface area contributed by atoms with E-state index in [1.165, 1.54) is 0 Å². The second kappa shape index (κ2) is 5.62. The van der Waals surface area contributed by atoms with Gasteiger partial charge in [0.2, 0.25) is 0 Å². The molecule has 2 rings (SSSR count). The van der Waals surface area contributed by atoms with Gasteiger partial charge in [0.15, 0.2) is 0 Å². The summed E-state index contributed by atoms with van der Waals surface area (Å²) in [6.07, 6.45) is 4.37. The maximum Gasteiger partial charge on any atom is 0.306 e. The second-order valence-electron chi connectivity index (χ2n) is 3.52. The van der Waals surface area contributed by atoms with E-state index in [4.69, 9.17) is 4.74 Å². The van der Waals surface area contributed by atoms with Crippen molar-refractivity contribution in [1.29, 1.82) is 0 Å². The summed E-state index contributed by atoms with van der Waals surface area (Å²) >= 11 is 0. The zero-order valence-corrected chi connectivity index (χ0v) is 8.45. The molecule has 1 atom stereocenters. The maximum absolute atomic E-state index is 10.2. The Balaban J connectivity index is 0.000000140. The third-order valence-electron chi connectivity index (χ3n) is 2.13. The molecule has 0 spiro atoms. The van der Waals surface area contributed by atoms with Gasteiger partial charge in [-0.15, -0.1) is 0 Å². The number of ether oxygens (including phenoxy) is 2. The van der Waals surface area contributed by atoms with Crippen molar-refractivity contribution in [3.05, 3.63) is 0 Å². The lowest BCUT2D eigenvalue weighted by Crippen LogP contribution is -2.10. The molecule has 0 N–H and O–H groups in total. The fraction of sp³-hybridized carbons (Fsp3) is 0.800. The van der Waals surface area contributed by atoms with E-state index in [2.05, 4.69) is 4.74 Å². The highest BCUT2D eigenvalue weighted by Crippen LogP contribution is 2.11. The maximum atomic E-state index is 10.2. The predicted molar refractivity (Wildman–Crippen MR) is 49.6 cm³/mol. The van der Waals surface area contributed by atoms with Gasteiger partial charge in [-0.1, -0.05) is 0 Å². The third kappa shape index (κ3) is 4.25. The fourth-order valence-corrected chi connectivity index (χ4v) is 1.29. The Bertz CT molecular complexity index is 197. The second-order valence-corrected chi connectivity index (χ2v) is 3.52. The molecule has 2 saturated heterocycles. The van der Waals surface area contributed by atoms with Gasteiger partial charge in [-0.05, 0) is 26.2 Å². The minimum absolute atomic E-state index is 0.0359. The molecular weight excluding hydrogens is 184 g/mol. The van der Waals surface area contributed by atoms with Crippen LogP contribution in [0.2, 0.25) is 0 Å². The molecule has 2 heterocycles. The van der Waals surface area contributed by atoms with Crippen molar-refractivity contribution in [1.82, 2.24) is 0 Å². The van der Waals surface area contributed by atoms with E-state index >= 15 is 0 Å². The standard InChI is InChI=1S/2C5H8O2/c1-4-2-3-5(6)7-4;6-5-3-1-2-4-7-5/h4H,2-3H2,1H3;1-4H2. The number of rotatable bonds is 0. The SMILES string of the molecule is CC1CCC(=O)O1.O=C1CCCCO1. The Labute approximate surface area is 83.6 Å². The Morgan fingerprint density at radius 1 is 1.14 bits per heavy atom. The number of hydrogen-bond donors (Lipinski definition) is 0. The Kier molecular flexibility index (Phi) is 4.43. The molecule has 2 aliphatic heterocycles. The first kappa shape index (κ1) is 11.0. The zero-order chi connectivity index (χ0) is 10.4. The zero-order valence-electron chi connectivity index (χ0n) is 8.45.